The van der Waals surface area contributed by atoms with Crippen LogP contribution < -0.4 is 0 Å². The van der Waals surface area contributed by atoms with Gasteiger partial charge in [0.05, 0.1) is 5.75 Å². The van der Waals surface area contributed by atoms with Gasteiger partial charge in [-0.05, 0) is 50.5 Å². The van der Waals surface area contributed by atoms with Gasteiger partial charge in [-0.1, -0.05) is 39.0 Å². The van der Waals surface area contributed by atoms with E-state index >= 15 is 0 Å². The molecule has 1 fully saturated rings. The van der Waals surface area contributed by atoms with E-state index in [9.17, 15) is 4.79 Å². The highest BCUT2D eigenvalue weighted by molar-refractivity contribution is 7.99. The first-order valence-corrected chi connectivity index (χ1v) is 10.4. The smallest absolute Gasteiger partial charge is 0.316 e. The van der Waals surface area contributed by atoms with E-state index in [2.05, 4.69) is 36.0 Å². The van der Waals surface area contributed by atoms with Gasteiger partial charge in [-0.25, -0.2) is 4.98 Å². The van der Waals surface area contributed by atoms with E-state index < -0.39 is 0 Å². The number of carbonyl (C=O) groups excluding carboxylic acids is 1. The number of esters is 1. The molecule has 2 aromatic rings. The van der Waals surface area contributed by atoms with Gasteiger partial charge in [0, 0.05) is 11.4 Å². The predicted octanol–water partition coefficient (Wildman–Crippen LogP) is 3.84. The van der Waals surface area contributed by atoms with Crippen molar-refractivity contribution in [2.45, 2.75) is 65.1 Å². The van der Waals surface area contributed by atoms with Gasteiger partial charge in [0.1, 0.15) is 6.10 Å². The predicted molar refractivity (Wildman–Crippen MR) is 102 cm³/mol. The Hall–Kier alpha value is -1.63. The molecule has 0 unspecified atom stereocenters. The molecule has 1 aliphatic carbocycles. The second-order valence-electron chi connectivity index (χ2n) is 7.80. The van der Waals surface area contributed by atoms with Gasteiger partial charge in [0.2, 0.25) is 0 Å². The van der Waals surface area contributed by atoms with Crippen LogP contribution in [0.5, 0.6) is 0 Å². The van der Waals surface area contributed by atoms with Crippen molar-refractivity contribution in [3.05, 3.63) is 17.5 Å². The summed E-state index contributed by atoms with van der Waals surface area (Å²) in [6, 6.07) is 1.98. The van der Waals surface area contributed by atoms with Crippen LogP contribution in [0, 0.1) is 31.6 Å². The molecule has 0 N–H and O–H groups in total. The number of fused-ring (bicyclic) bond motifs is 1. The molecule has 0 aliphatic heterocycles. The van der Waals surface area contributed by atoms with E-state index in [1.807, 2.05) is 24.3 Å². The van der Waals surface area contributed by atoms with Gasteiger partial charge >= 0.3 is 5.97 Å². The maximum atomic E-state index is 12.4. The summed E-state index contributed by atoms with van der Waals surface area (Å²) in [6.07, 6.45) is 3.37. The van der Waals surface area contributed by atoms with E-state index in [0.29, 0.717) is 28.7 Å². The van der Waals surface area contributed by atoms with Crippen LogP contribution in [0.2, 0.25) is 0 Å². The Kier molecular flexibility index (Phi) is 5.85. The summed E-state index contributed by atoms with van der Waals surface area (Å²) in [5.74, 6) is 2.25. The number of hydrogen-bond acceptors (Lipinski definition) is 6. The molecule has 0 saturated heterocycles. The van der Waals surface area contributed by atoms with Crippen LogP contribution in [0.25, 0.3) is 5.78 Å². The lowest BCUT2D eigenvalue weighted by molar-refractivity contribution is -0.152. The summed E-state index contributed by atoms with van der Waals surface area (Å²) < 4.78 is 7.74. The number of rotatable bonds is 5. The van der Waals surface area contributed by atoms with Gasteiger partial charge < -0.3 is 4.74 Å². The zero-order chi connectivity index (χ0) is 18.8. The monoisotopic (exact) mass is 376 g/mol. The molecule has 0 aromatic carbocycles. The minimum Gasteiger partial charge on any atom is -0.461 e. The van der Waals surface area contributed by atoms with Crippen molar-refractivity contribution in [3.8, 4) is 0 Å². The van der Waals surface area contributed by atoms with E-state index in [-0.39, 0.29) is 17.8 Å². The van der Waals surface area contributed by atoms with Crippen molar-refractivity contribution in [1.82, 2.24) is 19.6 Å². The molecular weight excluding hydrogens is 348 g/mol. The Labute approximate surface area is 159 Å². The molecule has 0 amide bonds. The first-order chi connectivity index (χ1) is 12.3. The lowest BCUT2D eigenvalue weighted by Gasteiger charge is -2.36. The van der Waals surface area contributed by atoms with Crippen LogP contribution in [0.1, 0.15) is 51.4 Å². The van der Waals surface area contributed by atoms with Crippen molar-refractivity contribution in [3.63, 3.8) is 0 Å². The van der Waals surface area contributed by atoms with Gasteiger partial charge in [-0.3, -0.25) is 9.20 Å². The summed E-state index contributed by atoms with van der Waals surface area (Å²) in [4.78, 5) is 16.8. The van der Waals surface area contributed by atoms with Crippen molar-refractivity contribution in [1.29, 1.82) is 0 Å². The molecule has 142 valence electrons. The molecule has 0 radical (unpaired) electrons. The third kappa shape index (κ3) is 4.19. The second kappa shape index (κ2) is 7.94. The maximum absolute atomic E-state index is 12.4. The number of thioether (sulfide) groups is 1. The van der Waals surface area contributed by atoms with Crippen molar-refractivity contribution >= 4 is 23.5 Å². The highest BCUT2D eigenvalue weighted by atomic mass is 32.2. The molecule has 0 spiro atoms. The largest absolute Gasteiger partial charge is 0.461 e. The number of ether oxygens (including phenoxy) is 1. The lowest BCUT2D eigenvalue weighted by atomic mass is 9.75. The Morgan fingerprint density at radius 2 is 2.12 bits per heavy atom. The maximum Gasteiger partial charge on any atom is 0.316 e. The fraction of sp³-hybridized carbons (Fsp3) is 0.684. The molecule has 1 saturated carbocycles. The molecule has 2 aromatic heterocycles. The summed E-state index contributed by atoms with van der Waals surface area (Å²) in [6.45, 7) is 10.6. The van der Waals surface area contributed by atoms with Crippen LogP contribution in [0.3, 0.4) is 0 Å². The van der Waals surface area contributed by atoms with Crippen molar-refractivity contribution in [2.75, 3.05) is 5.75 Å². The molecule has 2 heterocycles. The van der Waals surface area contributed by atoms with E-state index in [1.54, 1.807) is 0 Å². The second-order valence-corrected chi connectivity index (χ2v) is 8.74. The fourth-order valence-corrected chi connectivity index (χ4v) is 4.64. The number of carbonyl (C=O) groups is 1. The summed E-state index contributed by atoms with van der Waals surface area (Å²) in [7, 11) is 0. The van der Waals surface area contributed by atoms with Crippen LogP contribution in [0.15, 0.2) is 11.2 Å². The Morgan fingerprint density at radius 1 is 1.35 bits per heavy atom. The zero-order valence-electron chi connectivity index (χ0n) is 16.2. The quantitative estimate of drug-likeness (QED) is 0.583. The molecular formula is C19H28N4O2S. The summed E-state index contributed by atoms with van der Waals surface area (Å²) in [5, 5.41) is 8.96. The number of hydrogen-bond donors (Lipinski definition) is 0. The molecule has 1 aliphatic rings. The standard InChI is InChI=1S/C19H28N4O2S/c1-11(2)15-7-6-12(3)8-16(15)25-17(24)10-26-19-22-21-18-20-13(4)9-14(5)23(18)19/h9,11-12,15-16H,6-8,10H2,1-5H3/t12-,15-,16-/m1/s1. The molecule has 7 heteroatoms. The van der Waals surface area contributed by atoms with E-state index in [4.69, 9.17) is 4.74 Å². The normalized spacial score (nSPS) is 23.5. The first kappa shape index (κ1) is 19.1. The van der Waals surface area contributed by atoms with Crippen LogP contribution in [-0.4, -0.2) is 37.4 Å². The topological polar surface area (TPSA) is 69.4 Å². The van der Waals surface area contributed by atoms with Gasteiger partial charge in [-0.15, -0.1) is 10.2 Å². The minimum absolute atomic E-state index is 0.0352. The van der Waals surface area contributed by atoms with Crippen molar-refractivity contribution < 1.29 is 9.53 Å². The third-order valence-electron chi connectivity index (χ3n) is 5.23. The Bertz CT molecular complexity index is 789. The number of aryl methyl sites for hydroxylation is 2. The van der Waals surface area contributed by atoms with E-state index in [0.717, 1.165) is 24.2 Å². The Balaban J connectivity index is 1.64. The SMILES string of the molecule is Cc1cc(C)n2c(SCC(=O)O[C@@H]3C[C@H](C)CC[C@@H]3C(C)C)nnc2n1. The number of nitrogens with zero attached hydrogens (tertiary/aromatic N) is 4. The van der Waals surface area contributed by atoms with Crippen molar-refractivity contribution in [2.24, 2.45) is 17.8 Å². The van der Waals surface area contributed by atoms with Gasteiger partial charge in [-0.2, -0.15) is 0 Å². The van der Waals surface area contributed by atoms with Crippen LogP contribution >= 0.6 is 11.8 Å². The number of aromatic nitrogens is 4. The molecule has 26 heavy (non-hydrogen) atoms. The van der Waals surface area contributed by atoms with E-state index in [1.165, 1.54) is 18.2 Å². The average Bonchev–Trinajstić information content (AvgIpc) is 2.95. The van der Waals surface area contributed by atoms with Crippen LogP contribution in [0.4, 0.5) is 0 Å². The lowest BCUT2D eigenvalue weighted by Crippen LogP contribution is -2.36. The third-order valence-corrected chi connectivity index (χ3v) is 6.13. The van der Waals surface area contributed by atoms with Gasteiger partial charge in [0.15, 0.2) is 5.16 Å². The molecule has 3 atom stereocenters. The average molecular weight is 377 g/mol. The Morgan fingerprint density at radius 3 is 2.85 bits per heavy atom. The minimum atomic E-state index is -0.172. The van der Waals surface area contributed by atoms with Crippen LogP contribution in [-0.2, 0) is 9.53 Å². The van der Waals surface area contributed by atoms with Gasteiger partial charge in [0.25, 0.3) is 5.78 Å². The fourth-order valence-electron chi connectivity index (χ4n) is 3.87. The summed E-state index contributed by atoms with van der Waals surface area (Å²) >= 11 is 1.36. The highest BCUT2D eigenvalue weighted by Crippen LogP contribution is 2.35. The highest BCUT2D eigenvalue weighted by Gasteiger charge is 2.33. The molecule has 3 rings (SSSR count). The molecule has 0 bridgehead atoms. The summed E-state index contributed by atoms with van der Waals surface area (Å²) in [5.41, 5.74) is 1.92. The molecule has 6 nitrogen and oxygen atoms in total. The zero-order valence-corrected chi connectivity index (χ0v) is 17.0. The first-order valence-electron chi connectivity index (χ1n) is 9.36.